The highest BCUT2D eigenvalue weighted by Crippen LogP contribution is 2.30. The van der Waals surface area contributed by atoms with Gasteiger partial charge in [-0.1, -0.05) is 0 Å². The summed E-state index contributed by atoms with van der Waals surface area (Å²) in [6, 6.07) is 3.77. The zero-order chi connectivity index (χ0) is 12.5. The minimum atomic E-state index is 0. The molecule has 0 atom stereocenters. The quantitative estimate of drug-likeness (QED) is 0.733. The van der Waals surface area contributed by atoms with E-state index in [0.717, 1.165) is 27.4 Å². The van der Waals surface area contributed by atoms with Gasteiger partial charge in [-0.25, -0.2) is 4.98 Å². The van der Waals surface area contributed by atoms with Crippen molar-refractivity contribution in [2.24, 2.45) is 0 Å². The van der Waals surface area contributed by atoms with E-state index >= 15 is 0 Å². The van der Waals surface area contributed by atoms with E-state index in [9.17, 15) is 0 Å². The third-order valence-corrected chi connectivity index (χ3v) is 3.84. The van der Waals surface area contributed by atoms with Crippen LogP contribution in [0.25, 0.3) is 10.2 Å². The van der Waals surface area contributed by atoms with Crippen molar-refractivity contribution < 1.29 is 4.42 Å². The van der Waals surface area contributed by atoms with Crippen LogP contribution in [0.5, 0.6) is 0 Å². The van der Waals surface area contributed by atoms with Crippen LogP contribution >= 0.6 is 35.3 Å². The summed E-state index contributed by atoms with van der Waals surface area (Å²) in [5.41, 5.74) is 2.02. The Hall–Kier alpha value is -1.30. The fourth-order valence-electron chi connectivity index (χ4n) is 1.71. The highest BCUT2D eigenvalue weighted by molar-refractivity contribution is 7.18. The van der Waals surface area contributed by atoms with Crippen LogP contribution in [0.15, 0.2) is 28.2 Å². The zero-order valence-corrected chi connectivity index (χ0v) is 12.4. The lowest BCUT2D eigenvalue weighted by atomic mass is 10.3. The molecule has 0 aliphatic heterocycles. The van der Waals surface area contributed by atoms with E-state index in [1.165, 1.54) is 0 Å². The van der Waals surface area contributed by atoms with Crippen LogP contribution in [-0.4, -0.2) is 9.97 Å². The number of aromatic nitrogens is 2. The van der Waals surface area contributed by atoms with Gasteiger partial charge in [0.2, 0.25) is 5.28 Å². The summed E-state index contributed by atoms with van der Waals surface area (Å²) >= 11 is 7.54. The van der Waals surface area contributed by atoms with Gasteiger partial charge in [0, 0.05) is 0 Å². The van der Waals surface area contributed by atoms with E-state index in [1.54, 1.807) is 17.6 Å². The molecule has 0 aromatic carbocycles. The van der Waals surface area contributed by atoms with Gasteiger partial charge < -0.3 is 9.73 Å². The van der Waals surface area contributed by atoms with Crippen LogP contribution in [-0.2, 0) is 6.54 Å². The van der Waals surface area contributed by atoms with Crippen molar-refractivity contribution >= 4 is 51.4 Å². The minimum absolute atomic E-state index is 0. The number of anilines is 1. The molecule has 0 saturated carbocycles. The molecule has 0 radical (unpaired) electrons. The topological polar surface area (TPSA) is 51.0 Å². The van der Waals surface area contributed by atoms with Crippen molar-refractivity contribution in [2.45, 2.75) is 13.5 Å². The molecule has 7 heteroatoms. The van der Waals surface area contributed by atoms with Crippen LogP contribution in [0.4, 0.5) is 5.82 Å². The molecule has 0 aliphatic rings. The number of nitrogens with zero attached hydrogens (tertiary/aromatic N) is 2. The van der Waals surface area contributed by atoms with E-state index in [2.05, 4.69) is 15.3 Å². The number of hydrogen-bond donors (Lipinski definition) is 1. The first kappa shape index (κ1) is 14.1. The summed E-state index contributed by atoms with van der Waals surface area (Å²) in [7, 11) is 0. The molecule has 0 fully saturated rings. The summed E-state index contributed by atoms with van der Waals surface area (Å²) in [5.74, 6) is 1.60. The van der Waals surface area contributed by atoms with Crippen molar-refractivity contribution in [1.29, 1.82) is 0 Å². The van der Waals surface area contributed by atoms with Crippen molar-refractivity contribution in [3.05, 3.63) is 40.4 Å². The number of thiophene rings is 1. The lowest BCUT2D eigenvalue weighted by Gasteiger charge is -2.05. The molecule has 3 heterocycles. The molecule has 1 N–H and O–H groups in total. The molecule has 4 nitrogen and oxygen atoms in total. The first-order chi connectivity index (χ1) is 8.74. The number of hydrogen-bond acceptors (Lipinski definition) is 5. The van der Waals surface area contributed by atoms with Crippen molar-refractivity contribution in [1.82, 2.24) is 9.97 Å². The maximum absolute atomic E-state index is 5.93. The van der Waals surface area contributed by atoms with Crippen molar-refractivity contribution in [3.8, 4) is 0 Å². The monoisotopic (exact) mass is 315 g/mol. The van der Waals surface area contributed by atoms with E-state index in [4.69, 9.17) is 16.0 Å². The lowest BCUT2D eigenvalue weighted by Crippen LogP contribution is -2.01. The van der Waals surface area contributed by atoms with Crippen LogP contribution in [0, 0.1) is 6.92 Å². The Bertz CT molecular complexity index is 682. The van der Waals surface area contributed by atoms with Gasteiger partial charge in [-0.3, -0.25) is 0 Å². The summed E-state index contributed by atoms with van der Waals surface area (Å²) in [4.78, 5) is 8.47. The standard InChI is InChI=1S/C12H10ClN3OS.ClH/c1-7-6-18-10-9(7)15-12(13)16-11(10)14-5-8-3-2-4-17-8;/h2-4,6H,5H2,1H3,(H,14,15,16);1H. The highest BCUT2D eigenvalue weighted by atomic mass is 35.5. The zero-order valence-electron chi connectivity index (χ0n) is 10.0. The number of nitrogens with one attached hydrogen (secondary N) is 1. The molecule has 0 bridgehead atoms. The lowest BCUT2D eigenvalue weighted by molar-refractivity contribution is 0.518. The Morgan fingerprint density at radius 3 is 3.00 bits per heavy atom. The summed E-state index contributed by atoms with van der Waals surface area (Å²) < 4.78 is 6.28. The van der Waals surface area contributed by atoms with Gasteiger partial charge in [-0.2, -0.15) is 4.98 Å². The highest BCUT2D eigenvalue weighted by Gasteiger charge is 2.10. The molecule has 0 amide bonds. The predicted molar refractivity (Wildman–Crippen MR) is 80.4 cm³/mol. The van der Waals surface area contributed by atoms with E-state index < -0.39 is 0 Å². The van der Waals surface area contributed by atoms with Crippen LogP contribution in [0.1, 0.15) is 11.3 Å². The molecule has 0 spiro atoms. The number of aryl methyl sites for hydroxylation is 1. The Labute approximate surface area is 125 Å². The molecule has 100 valence electrons. The predicted octanol–water partition coefficient (Wildman–Crippen LogP) is 4.28. The number of halogens is 2. The number of rotatable bonds is 3. The molecule has 19 heavy (non-hydrogen) atoms. The van der Waals surface area contributed by atoms with Gasteiger partial charge in [-0.15, -0.1) is 23.7 Å². The normalized spacial score (nSPS) is 10.4. The molecule has 3 aromatic heterocycles. The van der Waals surface area contributed by atoms with Gasteiger partial charge in [0.05, 0.1) is 23.0 Å². The molecule has 0 aliphatic carbocycles. The molecular weight excluding hydrogens is 305 g/mol. The number of furan rings is 1. The minimum Gasteiger partial charge on any atom is -0.467 e. The average molecular weight is 316 g/mol. The first-order valence-electron chi connectivity index (χ1n) is 5.41. The maximum atomic E-state index is 5.93. The van der Waals surface area contributed by atoms with E-state index in [0.29, 0.717) is 6.54 Å². The SMILES string of the molecule is Cc1csc2c(NCc3ccco3)nc(Cl)nc12.Cl. The Morgan fingerprint density at radius 1 is 1.42 bits per heavy atom. The second kappa shape index (κ2) is 5.77. The van der Waals surface area contributed by atoms with Gasteiger partial charge in [-0.05, 0) is 41.6 Å². The fraction of sp³-hybridized carbons (Fsp3) is 0.167. The van der Waals surface area contributed by atoms with Crippen molar-refractivity contribution in [3.63, 3.8) is 0 Å². The fourth-order valence-corrected chi connectivity index (χ4v) is 2.83. The summed E-state index contributed by atoms with van der Waals surface area (Å²) in [5, 5.41) is 5.53. The van der Waals surface area contributed by atoms with Crippen LogP contribution < -0.4 is 5.32 Å². The van der Waals surface area contributed by atoms with Crippen LogP contribution in [0.2, 0.25) is 5.28 Å². The Balaban J connectivity index is 0.00000133. The average Bonchev–Trinajstić information content (AvgIpc) is 2.97. The van der Waals surface area contributed by atoms with Crippen molar-refractivity contribution in [2.75, 3.05) is 5.32 Å². The Morgan fingerprint density at radius 2 is 2.26 bits per heavy atom. The smallest absolute Gasteiger partial charge is 0.224 e. The summed E-state index contributed by atoms with van der Waals surface area (Å²) in [6.45, 7) is 2.59. The third-order valence-electron chi connectivity index (χ3n) is 2.58. The first-order valence-corrected chi connectivity index (χ1v) is 6.67. The van der Waals surface area contributed by atoms with Crippen LogP contribution in [0.3, 0.4) is 0 Å². The Kier molecular flexibility index (Phi) is 4.29. The second-order valence-corrected chi connectivity index (χ2v) is 5.09. The molecule has 0 saturated heterocycles. The summed E-state index contributed by atoms with van der Waals surface area (Å²) in [6.07, 6.45) is 1.65. The van der Waals surface area contributed by atoms with Gasteiger partial charge in [0.15, 0.2) is 0 Å². The van der Waals surface area contributed by atoms with Gasteiger partial charge in [0.25, 0.3) is 0 Å². The van der Waals surface area contributed by atoms with E-state index in [1.807, 2.05) is 24.4 Å². The largest absolute Gasteiger partial charge is 0.467 e. The van der Waals surface area contributed by atoms with Gasteiger partial charge in [0.1, 0.15) is 11.6 Å². The molecular formula is C12H11Cl2N3OS. The maximum Gasteiger partial charge on any atom is 0.224 e. The molecule has 3 rings (SSSR count). The number of fused-ring (bicyclic) bond motifs is 1. The second-order valence-electron chi connectivity index (χ2n) is 3.87. The van der Waals surface area contributed by atoms with E-state index in [-0.39, 0.29) is 17.7 Å². The molecule has 0 unspecified atom stereocenters. The third kappa shape index (κ3) is 2.83. The van der Waals surface area contributed by atoms with Gasteiger partial charge >= 0.3 is 0 Å². The molecule has 3 aromatic rings.